The molecule has 1 amide bonds. The Kier molecular flexibility index (Phi) is 6.77. The van der Waals surface area contributed by atoms with Gasteiger partial charge in [-0.05, 0) is 19.1 Å². The lowest BCUT2D eigenvalue weighted by Crippen LogP contribution is -2.43. The van der Waals surface area contributed by atoms with Crippen LogP contribution in [0.15, 0.2) is 18.3 Å². The van der Waals surface area contributed by atoms with Crippen molar-refractivity contribution in [1.82, 2.24) is 9.88 Å². The Balaban J connectivity index is 2.86. The Morgan fingerprint density at radius 1 is 1.47 bits per heavy atom. The van der Waals surface area contributed by atoms with Crippen molar-refractivity contribution in [2.24, 2.45) is 0 Å². The van der Waals surface area contributed by atoms with E-state index >= 15 is 0 Å². The fourth-order valence-electron chi connectivity index (χ4n) is 1.71. The SMILES string of the molecule is COCCN(C(=O)c1cc(Cl)ccn1)C(C)COC. The molecule has 1 rings (SSSR count). The number of carbonyl (C=O) groups is 1. The van der Waals surface area contributed by atoms with E-state index in [1.165, 1.54) is 6.20 Å². The average molecular weight is 287 g/mol. The molecular weight excluding hydrogens is 268 g/mol. The van der Waals surface area contributed by atoms with E-state index in [1.807, 2.05) is 6.92 Å². The second-order valence-corrected chi connectivity index (χ2v) is 4.59. The number of ether oxygens (including phenoxy) is 2. The molecule has 1 heterocycles. The van der Waals surface area contributed by atoms with E-state index in [0.29, 0.717) is 30.5 Å². The second-order valence-electron chi connectivity index (χ2n) is 4.16. The predicted octanol–water partition coefficient (Wildman–Crippen LogP) is 1.86. The van der Waals surface area contributed by atoms with Gasteiger partial charge in [-0.1, -0.05) is 11.6 Å². The van der Waals surface area contributed by atoms with Gasteiger partial charge < -0.3 is 14.4 Å². The molecule has 1 unspecified atom stereocenters. The van der Waals surface area contributed by atoms with E-state index in [4.69, 9.17) is 21.1 Å². The summed E-state index contributed by atoms with van der Waals surface area (Å²) in [4.78, 5) is 18.1. The fourth-order valence-corrected chi connectivity index (χ4v) is 1.87. The highest BCUT2D eigenvalue weighted by Crippen LogP contribution is 2.12. The number of methoxy groups -OCH3 is 2. The smallest absolute Gasteiger partial charge is 0.272 e. The molecule has 0 radical (unpaired) electrons. The zero-order chi connectivity index (χ0) is 14.3. The second kappa shape index (κ2) is 8.09. The van der Waals surface area contributed by atoms with E-state index in [9.17, 15) is 4.79 Å². The van der Waals surface area contributed by atoms with Crippen LogP contribution in [0.5, 0.6) is 0 Å². The Morgan fingerprint density at radius 2 is 2.21 bits per heavy atom. The van der Waals surface area contributed by atoms with Crippen molar-refractivity contribution in [3.63, 3.8) is 0 Å². The Hall–Kier alpha value is -1.17. The normalized spacial score (nSPS) is 12.2. The lowest BCUT2D eigenvalue weighted by molar-refractivity contribution is 0.0474. The van der Waals surface area contributed by atoms with Gasteiger partial charge in [0.15, 0.2) is 0 Å². The third-order valence-corrected chi connectivity index (χ3v) is 2.91. The minimum absolute atomic E-state index is 0.0616. The fraction of sp³-hybridized carbons (Fsp3) is 0.538. The number of amides is 1. The molecule has 0 aliphatic carbocycles. The minimum Gasteiger partial charge on any atom is -0.383 e. The average Bonchev–Trinajstić information content (AvgIpc) is 2.39. The van der Waals surface area contributed by atoms with Crippen LogP contribution in [-0.2, 0) is 9.47 Å². The van der Waals surface area contributed by atoms with Crippen molar-refractivity contribution in [3.8, 4) is 0 Å². The van der Waals surface area contributed by atoms with Crippen LogP contribution < -0.4 is 0 Å². The highest BCUT2D eigenvalue weighted by Gasteiger charge is 2.22. The summed E-state index contributed by atoms with van der Waals surface area (Å²) < 4.78 is 10.1. The summed E-state index contributed by atoms with van der Waals surface area (Å²) >= 11 is 5.88. The summed E-state index contributed by atoms with van der Waals surface area (Å²) in [5.74, 6) is -0.177. The third-order valence-electron chi connectivity index (χ3n) is 2.68. The third kappa shape index (κ3) is 4.78. The van der Waals surface area contributed by atoms with Gasteiger partial charge in [-0.25, -0.2) is 0 Å². The van der Waals surface area contributed by atoms with E-state index in [-0.39, 0.29) is 11.9 Å². The van der Waals surface area contributed by atoms with Gasteiger partial charge in [-0.2, -0.15) is 0 Å². The minimum atomic E-state index is -0.177. The van der Waals surface area contributed by atoms with Crippen LogP contribution in [0.1, 0.15) is 17.4 Å². The molecule has 0 aliphatic rings. The number of hydrogen-bond donors (Lipinski definition) is 0. The molecule has 0 saturated heterocycles. The molecule has 0 aromatic carbocycles. The first kappa shape index (κ1) is 15.9. The molecule has 0 bridgehead atoms. The first-order valence-corrected chi connectivity index (χ1v) is 6.38. The van der Waals surface area contributed by atoms with Crippen LogP contribution in [0.3, 0.4) is 0 Å². The Morgan fingerprint density at radius 3 is 2.79 bits per heavy atom. The number of hydrogen-bond acceptors (Lipinski definition) is 4. The monoisotopic (exact) mass is 286 g/mol. The lowest BCUT2D eigenvalue weighted by Gasteiger charge is -2.28. The van der Waals surface area contributed by atoms with E-state index in [0.717, 1.165) is 0 Å². The maximum Gasteiger partial charge on any atom is 0.272 e. The number of halogens is 1. The van der Waals surface area contributed by atoms with Gasteiger partial charge in [-0.15, -0.1) is 0 Å². The van der Waals surface area contributed by atoms with Gasteiger partial charge in [0.05, 0.1) is 19.3 Å². The number of aromatic nitrogens is 1. The maximum absolute atomic E-state index is 12.4. The topological polar surface area (TPSA) is 51.7 Å². The molecular formula is C13H19ClN2O3. The zero-order valence-electron chi connectivity index (χ0n) is 11.4. The van der Waals surface area contributed by atoms with Crippen LogP contribution in [0.2, 0.25) is 5.02 Å². The summed E-state index contributed by atoms with van der Waals surface area (Å²) in [7, 11) is 3.20. The van der Waals surface area contributed by atoms with Crippen LogP contribution in [0, 0.1) is 0 Å². The van der Waals surface area contributed by atoms with E-state index < -0.39 is 0 Å². The Bertz CT molecular complexity index is 415. The van der Waals surface area contributed by atoms with Crippen molar-refractivity contribution in [2.45, 2.75) is 13.0 Å². The van der Waals surface area contributed by atoms with Crippen LogP contribution in [0.4, 0.5) is 0 Å². The van der Waals surface area contributed by atoms with Gasteiger partial charge in [0.1, 0.15) is 5.69 Å². The molecule has 5 nitrogen and oxygen atoms in total. The van der Waals surface area contributed by atoms with Gasteiger partial charge in [0.25, 0.3) is 5.91 Å². The van der Waals surface area contributed by atoms with Crippen LogP contribution >= 0.6 is 11.6 Å². The summed E-state index contributed by atoms with van der Waals surface area (Å²) in [6, 6.07) is 3.13. The number of carbonyl (C=O) groups excluding carboxylic acids is 1. The van der Waals surface area contributed by atoms with Gasteiger partial charge in [0.2, 0.25) is 0 Å². The van der Waals surface area contributed by atoms with Crippen molar-refractivity contribution < 1.29 is 14.3 Å². The first-order chi connectivity index (χ1) is 9.10. The number of nitrogens with zero attached hydrogens (tertiary/aromatic N) is 2. The van der Waals surface area contributed by atoms with Gasteiger partial charge >= 0.3 is 0 Å². The molecule has 0 saturated carbocycles. The Labute approximate surface area is 118 Å². The van der Waals surface area contributed by atoms with Crippen LogP contribution in [-0.4, -0.2) is 55.8 Å². The standard InChI is InChI=1S/C13H19ClN2O3/c1-10(9-19-3)16(6-7-18-2)13(17)12-8-11(14)4-5-15-12/h4-5,8,10H,6-7,9H2,1-3H3. The summed E-state index contributed by atoms with van der Waals surface area (Å²) in [6.07, 6.45) is 1.52. The predicted molar refractivity (Wildman–Crippen MR) is 73.5 cm³/mol. The van der Waals surface area contributed by atoms with Gasteiger partial charge in [0, 0.05) is 32.0 Å². The molecule has 19 heavy (non-hydrogen) atoms. The van der Waals surface area contributed by atoms with Crippen molar-refractivity contribution >= 4 is 17.5 Å². The maximum atomic E-state index is 12.4. The molecule has 0 N–H and O–H groups in total. The van der Waals surface area contributed by atoms with Crippen molar-refractivity contribution in [3.05, 3.63) is 29.0 Å². The number of pyridine rings is 1. The molecule has 1 atom stereocenters. The first-order valence-electron chi connectivity index (χ1n) is 6.00. The molecule has 0 aliphatic heterocycles. The van der Waals surface area contributed by atoms with Gasteiger partial charge in [-0.3, -0.25) is 9.78 Å². The van der Waals surface area contributed by atoms with E-state index in [2.05, 4.69) is 4.98 Å². The molecule has 0 spiro atoms. The van der Waals surface area contributed by atoms with E-state index in [1.54, 1.807) is 31.3 Å². The lowest BCUT2D eigenvalue weighted by atomic mass is 10.2. The van der Waals surface area contributed by atoms with Crippen molar-refractivity contribution in [2.75, 3.05) is 34.0 Å². The molecule has 0 fully saturated rings. The summed E-state index contributed by atoms with van der Waals surface area (Å²) in [6.45, 7) is 3.31. The largest absolute Gasteiger partial charge is 0.383 e. The summed E-state index contributed by atoms with van der Waals surface area (Å²) in [5, 5.41) is 0.490. The molecule has 6 heteroatoms. The molecule has 106 valence electrons. The van der Waals surface area contributed by atoms with Crippen molar-refractivity contribution in [1.29, 1.82) is 0 Å². The summed E-state index contributed by atoms with van der Waals surface area (Å²) in [5.41, 5.74) is 0.326. The van der Waals surface area contributed by atoms with Crippen LogP contribution in [0.25, 0.3) is 0 Å². The molecule has 1 aromatic rings. The zero-order valence-corrected chi connectivity index (χ0v) is 12.2. The molecule has 1 aromatic heterocycles. The highest BCUT2D eigenvalue weighted by molar-refractivity contribution is 6.30. The quantitative estimate of drug-likeness (QED) is 0.768. The highest BCUT2D eigenvalue weighted by atomic mass is 35.5. The number of rotatable bonds is 7.